The van der Waals surface area contributed by atoms with E-state index < -0.39 is 0 Å². The third-order valence-electron chi connectivity index (χ3n) is 3.02. The van der Waals surface area contributed by atoms with Crippen molar-refractivity contribution in [3.05, 3.63) is 34.9 Å². The molecule has 1 saturated heterocycles. The molecule has 1 aliphatic rings. The van der Waals surface area contributed by atoms with Crippen molar-refractivity contribution in [1.29, 1.82) is 0 Å². The Hall–Kier alpha value is -0.770. The molecule has 1 N–H and O–H groups in total. The van der Waals surface area contributed by atoms with Gasteiger partial charge in [-0.2, -0.15) is 0 Å². The second-order valence-corrected chi connectivity index (χ2v) is 4.87. The minimum atomic E-state index is 0. The molecule has 0 spiro atoms. The molecule has 100 valence electrons. The maximum absolute atomic E-state index is 12.1. The molecule has 0 bridgehead atoms. The standard InChI is InChI=1S/C13H17ClN2O.ClH/c1-10-9-16(7-6-15-10)13(17)8-11-4-2-3-5-12(11)14;/h2-5,10,15H,6-9H2,1H3;1H/t10-;/m0./s1. The van der Waals surface area contributed by atoms with Crippen LogP contribution in [0.25, 0.3) is 0 Å². The van der Waals surface area contributed by atoms with Crippen molar-refractivity contribution in [2.24, 2.45) is 0 Å². The highest BCUT2D eigenvalue weighted by molar-refractivity contribution is 6.31. The van der Waals surface area contributed by atoms with E-state index in [1.165, 1.54) is 0 Å². The van der Waals surface area contributed by atoms with E-state index in [2.05, 4.69) is 12.2 Å². The molecule has 1 aromatic carbocycles. The highest BCUT2D eigenvalue weighted by atomic mass is 35.5. The van der Waals surface area contributed by atoms with Crippen LogP contribution in [0, 0.1) is 0 Å². The van der Waals surface area contributed by atoms with Gasteiger partial charge in [0.15, 0.2) is 0 Å². The van der Waals surface area contributed by atoms with Gasteiger partial charge in [0.2, 0.25) is 5.91 Å². The number of benzene rings is 1. The Kier molecular flexibility index (Phi) is 5.93. The molecule has 0 saturated carbocycles. The summed E-state index contributed by atoms with van der Waals surface area (Å²) >= 11 is 6.05. The number of carbonyl (C=O) groups is 1. The number of halogens is 2. The first kappa shape index (κ1) is 15.3. The molecule has 1 aliphatic heterocycles. The maximum atomic E-state index is 12.1. The topological polar surface area (TPSA) is 32.3 Å². The first-order valence-corrected chi connectivity index (χ1v) is 6.29. The number of nitrogens with zero attached hydrogens (tertiary/aromatic N) is 1. The zero-order chi connectivity index (χ0) is 12.3. The molecule has 1 amide bonds. The molecule has 18 heavy (non-hydrogen) atoms. The van der Waals surface area contributed by atoms with Gasteiger partial charge in [-0.1, -0.05) is 29.8 Å². The van der Waals surface area contributed by atoms with Crippen molar-refractivity contribution in [3.8, 4) is 0 Å². The van der Waals surface area contributed by atoms with Crippen LogP contribution >= 0.6 is 24.0 Å². The molecule has 2 rings (SSSR count). The summed E-state index contributed by atoms with van der Waals surface area (Å²) in [6.45, 7) is 4.53. The third-order valence-corrected chi connectivity index (χ3v) is 3.39. The molecule has 0 radical (unpaired) electrons. The van der Waals surface area contributed by atoms with Gasteiger partial charge in [0.1, 0.15) is 0 Å². The molecule has 5 heteroatoms. The average Bonchev–Trinajstić information content (AvgIpc) is 2.32. The summed E-state index contributed by atoms with van der Waals surface area (Å²) in [4.78, 5) is 14.0. The predicted molar refractivity (Wildman–Crippen MR) is 76.4 cm³/mol. The summed E-state index contributed by atoms with van der Waals surface area (Å²) < 4.78 is 0. The highest BCUT2D eigenvalue weighted by Gasteiger charge is 2.20. The van der Waals surface area contributed by atoms with Crippen molar-refractivity contribution in [3.63, 3.8) is 0 Å². The summed E-state index contributed by atoms with van der Waals surface area (Å²) in [6.07, 6.45) is 0.395. The van der Waals surface area contributed by atoms with Crippen LogP contribution < -0.4 is 5.32 Å². The van der Waals surface area contributed by atoms with Gasteiger partial charge in [-0.15, -0.1) is 12.4 Å². The van der Waals surface area contributed by atoms with E-state index in [9.17, 15) is 4.79 Å². The quantitative estimate of drug-likeness (QED) is 0.904. The second-order valence-electron chi connectivity index (χ2n) is 4.46. The van der Waals surface area contributed by atoms with Crippen molar-refractivity contribution in [2.75, 3.05) is 19.6 Å². The number of amides is 1. The van der Waals surface area contributed by atoms with Crippen LogP contribution in [0.1, 0.15) is 12.5 Å². The first-order valence-electron chi connectivity index (χ1n) is 5.91. The minimum absolute atomic E-state index is 0. The lowest BCUT2D eigenvalue weighted by Gasteiger charge is -2.32. The van der Waals surface area contributed by atoms with Crippen molar-refractivity contribution in [1.82, 2.24) is 10.2 Å². The van der Waals surface area contributed by atoms with Crippen molar-refractivity contribution in [2.45, 2.75) is 19.4 Å². The van der Waals surface area contributed by atoms with E-state index in [-0.39, 0.29) is 18.3 Å². The Morgan fingerprint density at radius 3 is 2.89 bits per heavy atom. The molecule has 0 aromatic heterocycles. The molecule has 0 aliphatic carbocycles. The summed E-state index contributed by atoms with van der Waals surface area (Å²) in [5, 5.41) is 3.99. The van der Waals surface area contributed by atoms with E-state index in [0.717, 1.165) is 25.2 Å². The van der Waals surface area contributed by atoms with Crippen LogP contribution in [0.15, 0.2) is 24.3 Å². The fourth-order valence-corrected chi connectivity index (χ4v) is 2.28. The monoisotopic (exact) mass is 288 g/mol. The van der Waals surface area contributed by atoms with E-state index in [1.54, 1.807) is 0 Å². The van der Waals surface area contributed by atoms with Crippen LogP contribution in [0.3, 0.4) is 0 Å². The first-order chi connectivity index (χ1) is 8.16. The number of carbonyl (C=O) groups excluding carboxylic acids is 1. The summed E-state index contributed by atoms with van der Waals surface area (Å²) in [7, 11) is 0. The number of piperazine rings is 1. The zero-order valence-electron chi connectivity index (χ0n) is 10.4. The highest BCUT2D eigenvalue weighted by Crippen LogP contribution is 2.16. The fourth-order valence-electron chi connectivity index (χ4n) is 2.08. The number of hydrogen-bond acceptors (Lipinski definition) is 2. The molecule has 1 heterocycles. The smallest absolute Gasteiger partial charge is 0.227 e. The van der Waals surface area contributed by atoms with Gasteiger partial charge in [-0.05, 0) is 18.6 Å². The van der Waals surface area contributed by atoms with Gasteiger partial charge in [0, 0.05) is 30.7 Å². The summed E-state index contributed by atoms with van der Waals surface area (Å²) in [6, 6.07) is 7.90. The van der Waals surface area contributed by atoms with E-state index >= 15 is 0 Å². The van der Waals surface area contributed by atoms with Crippen LogP contribution in [0.4, 0.5) is 0 Å². The number of rotatable bonds is 2. The normalized spacial score (nSPS) is 19.2. The summed E-state index contributed by atoms with van der Waals surface area (Å²) in [5.74, 6) is 0.159. The maximum Gasteiger partial charge on any atom is 0.227 e. The molecule has 3 nitrogen and oxygen atoms in total. The lowest BCUT2D eigenvalue weighted by molar-refractivity contribution is -0.131. The lowest BCUT2D eigenvalue weighted by Crippen LogP contribution is -2.51. The minimum Gasteiger partial charge on any atom is -0.340 e. The Bertz CT molecular complexity index is 412. The van der Waals surface area contributed by atoms with Crippen LogP contribution in [0.2, 0.25) is 5.02 Å². The molecule has 1 atom stereocenters. The molecule has 1 aromatic rings. The summed E-state index contributed by atoms with van der Waals surface area (Å²) in [5.41, 5.74) is 0.908. The van der Waals surface area contributed by atoms with Crippen LogP contribution in [-0.4, -0.2) is 36.5 Å². The molecular weight excluding hydrogens is 271 g/mol. The lowest BCUT2D eigenvalue weighted by atomic mass is 10.1. The van der Waals surface area contributed by atoms with Gasteiger partial charge >= 0.3 is 0 Å². The predicted octanol–water partition coefficient (Wildman–Crippen LogP) is 2.12. The molecule has 1 fully saturated rings. The van der Waals surface area contributed by atoms with E-state index in [4.69, 9.17) is 11.6 Å². The second kappa shape index (κ2) is 6.98. The zero-order valence-corrected chi connectivity index (χ0v) is 11.9. The number of hydrogen-bond donors (Lipinski definition) is 1. The Balaban J connectivity index is 0.00000162. The van der Waals surface area contributed by atoms with Crippen LogP contribution in [-0.2, 0) is 11.2 Å². The Labute approximate surface area is 119 Å². The largest absolute Gasteiger partial charge is 0.340 e. The molecule has 0 unspecified atom stereocenters. The molecular formula is C13H18Cl2N2O. The van der Waals surface area contributed by atoms with Gasteiger partial charge in [-0.25, -0.2) is 0 Å². The third kappa shape index (κ3) is 3.87. The van der Waals surface area contributed by atoms with Crippen molar-refractivity contribution >= 4 is 29.9 Å². The van der Waals surface area contributed by atoms with Gasteiger partial charge in [-0.3, -0.25) is 4.79 Å². The Morgan fingerprint density at radius 1 is 1.50 bits per heavy atom. The van der Waals surface area contributed by atoms with E-state index in [0.29, 0.717) is 17.5 Å². The van der Waals surface area contributed by atoms with E-state index in [1.807, 2.05) is 29.2 Å². The average molecular weight is 289 g/mol. The Morgan fingerprint density at radius 2 is 2.22 bits per heavy atom. The van der Waals surface area contributed by atoms with Gasteiger partial charge in [0.05, 0.1) is 6.42 Å². The SMILES string of the molecule is C[C@H]1CN(C(=O)Cc2ccccc2Cl)CCN1.Cl. The number of nitrogens with one attached hydrogen (secondary N) is 1. The van der Waals surface area contributed by atoms with Gasteiger partial charge in [0.25, 0.3) is 0 Å². The van der Waals surface area contributed by atoms with Gasteiger partial charge < -0.3 is 10.2 Å². The van der Waals surface area contributed by atoms with Crippen molar-refractivity contribution < 1.29 is 4.79 Å². The fraction of sp³-hybridized carbons (Fsp3) is 0.462. The van der Waals surface area contributed by atoms with Crippen LogP contribution in [0.5, 0.6) is 0 Å².